The average molecular weight is 428 g/mol. The Bertz CT molecular complexity index is 1240. The summed E-state index contributed by atoms with van der Waals surface area (Å²) in [6.45, 7) is -0.0225. The number of rotatable bonds is 7. The fourth-order valence-electron chi connectivity index (χ4n) is 3.59. The van der Waals surface area contributed by atoms with E-state index in [1.807, 2.05) is 18.2 Å². The smallest absolute Gasteiger partial charge is 0.289 e. The van der Waals surface area contributed by atoms with E-state index in [1.165, 1.54) is 6.20 Å². The first kappa shape index (κ1) is 20.0. The van der Waals surface area contributed by atoms with Crippen molar-refractivity contribution >= 4 is 38.1 Å². The minimum absolute atomic E-state index is 0.0225. The van der Waals surface area contributed by atoms with Crippen molar-refractivity contribution in [3.8, 4) is 0 Å². The highest BCUT2D eigenvalue weighted by Gasteiger charge is 2.25. The largest absolute Gasteiger partial charge is 0.447 e. The molecule has 156 valence electrons. The number of hydrogen-bond donors (Lipinski definition) is 2. The maximum atomic E-state index is 12.7. The topological polar surface area (TPSA) is 131 Å². The van der Waals surface area contributed by atoms with Gasteiger partial charge >= 0.3 is 0 Å². The number of nitrogens with one attached hydrogen (secondary N) is 2. The molecule has 10 heteroatoms. The van der Waals surface area contributed by atoms with Crippen LogP contribution >= 0.6 is 0 Å². The Kier molecular flexibility index (Phi) is 5.25. The summed E-state index contributed by atoms with van der Waals surface area (Å²) in [4.78, 5) is 27.7. The third kappa shape index (κ3) is 4.04. The van der Waals surface area contributed by atoms with Crippen molar-refractivity contribution in [2.45, 2.75) is 18.9 Å². The summed E-state index contributed by atoms with van der Waals surface area (Å²) >= 11 is 0. The van der Waals surface area contributed by atoms with Gasteiger partial charge in [-0.1, -0.05) is 11.2 Å². The minimum Gasteiger partial charge on any atom is -0.447 e. The number of hydrogen-bond acceptors (Lipinski definition) is 8. The zero-order valence-electron chi connectivity index (χ0n) is 16.2. The van der Waals surface area contributed by atoms with Crippen LogP contribution in [0.1, 0.15) is 34.1 Å². The summed E-state index contributed by atoms with van der Waals surface area (Å²) in [5.41, 5.74) is 3.60. The molecule has 1 unspecified atom stereocenters. The maximum Gasteiger partial charge on any atom is 0.289 e. The van der Waals surface area contributed by atoms with Gasteiger partial charge in [-0.05, 0) is 42.2 Å². The zero-order valence-corrected chi connectivity index (χ0v) is 17.0. The maximum absolute atomic E-state index is 12.7. The summed E-state index contributed by atoms with van der Waals surface area (Å²) in [5, 5.41) is 9.66. The summed E-state index contributed by atoms with van der Waals surface area (Å²) in [7, 11) is -3.20. The van der Waals surface area contributed by atoms with Crippen LogP contribution in [0.5, 0.6) is 0 Å². The number of nitrogens with zero attached hydrogens (tertiary/aromatic N) is 2. The standard InChI is InChI=1S/C20H20N4O5S/c1-30(27,28)9-8-22-20(25)19-18(15-6-7-21-11-17(15)29-19)23-13-3-4-14-12(10-13)2-5-16(14)24-26/h3-4,6-7,10-11,16,23H,2,5,8-9H2,1H3,(H,22,25). The highest BCUT2D eigenvalue weighted by atomic mass is 32.2. The zero-order chi connectivity index (χ0) is 21.3. The van der Waals surface area contributed by atoms with Crippen LogP contribution < -0.4 is 10.6 Å². The number of sulfone groups is 1. The van der Waals surface area contributed by atoms with E-state index in [1.54, 1.807) is 12.3 Å². The molecular formula is C20H20N4O5S. The minimum atomic E-state index is -3.20. The first-order valence-corrected chi connectivity index (χ1v) is 11.5. The highest BCUT2D eigenvalue weighted by molar-refractivity contribution is 7.90. The van der Waals surface area contributed by atoms with Crippen molar-refractivity contribution in [2.75, 3.05) is 23.9 Å². The second-order valence-electron chi connectivity index (χ2n) is 7.26. The molecule has 0 bridgehead atoms. The first-order valence-electron chi connectivity index (χ1n) is 9.40. The summed E-state index contributed by atoms with van der Waals surface area (Å²) in [6.07, 6.45) is 5.67. The van der Waals surface area contributed by atoms with Gasteiger partial charge in [0, 0.05) is 30.1 Å². The predicted octanol–water partition coefficient (Wildman–Crippen LogP) is 3.10. The van der Waals surface area contributed by atoms with Gasteiger partial charge in [-0.25, -0.2) is 8.42 Å². The lowest BCUT2D eigenvalue weighted by Crippen LogP contribution is -2.28. The molecule has 9 nitrogen and oxygen atoms in total. The van der Waals surface area contributed by atoms with Crippen LogP contribution in [-0.4, -0.2) is 37.9 Å². The number of benzene rings is 1. The van der Waals surface area contributed by atoms with E-state index in [9.17, 15) is 18.1 Å². The second kappa shape index (κ2) is 7.86. The number of pyridine rings is 1. The van der Waals surface area contributed by atoms with Gasteiger partial charge in [-0.3, -0.25) is 9.78 Å². The normalized spacial score (nSPS) is 15.7. The predicted molar refractivity (Wildman–Crippen MR) is 113 cm³/mol. The van der Waals surface area contributed by atoms with Crippen molar-refractivity contribution < 1.29 is 17.6 Å². The van der Waals surface area contributed by atoms with Gasteiger partial charge < -0.3 is 15.1 Å². The van der Waals surface area contributed by atoms with Gasteiger partial charge in [0.05, 0.1) is 17.6 Å². The molecule has 1 aromatic carbocycles. The summed E-state index contributed by atoms with van der Waals surface area (Å²) < 4.78 is 28.3. The number of amides is 1. The Morgan fingerprint density at radius 1 is 1.33 bits per heavy atom. The quantitative estimate of drug-likeness (QED) is 0.553. The Labute approximate surface area is 172 Å². The van der Waals surface area contributed by atoms with E-state index in [2.05, 4.69) is 20.8 Å². The van der Waals surface area contributed by atoms with E-state index >= 15 is 0 Å². The third-order valence-corrected chi connectivity index (χ3v) is 5.99. The second-order valence-corrected chi connectivity index (χ2v) is 9.52. The molecule has 0 spiro atoms. The molecule has 0 aliphatic heterocycles. The molecule has 0 saturated carbocycles. The number of nitroso groups, excluding NO2 is 1. The Morgan fingerprint density at radius 3 is 2.93 bits per heavy atom. The number of carbonyl (C=O) groups is 1. The molecular weight excluding hydrogens is 408 g/mol. The Balaban J connectivity index is 1.64. The van der Waals surface area contributed by atoms with Gasteiger partial charge in [0.1, 0.15) is 15.9 Å². The van der Waals surface area contributed by atoms with Crippen LogP contribution in [0, 0.1) is 4.91 Å². The van der Waals surface area contributed by atoms with Crippen molar-refractivity contribution in [1.82, 2.24) is 10.3 Å². The van der Waals surface area contributed by atoms with Crippen molar-refractivity contribution in [3.05, 3.63) is 58.5 Å². The molecule has 30 heavy (non-hydrogen) atoms. The summed E-state index contributed by atoms with van der Waals surface area (Å²) in [5.74, 6) is -0.650. The van der Waals surface area contributed by atoms with Crippen LogP contribution in [0.4, 0.5) is 11.4 Å². The van der Waals surface area contributed by atoms with Gasteiger partial charge in [0.25, 0.3) is 5.91 Å². The van der Waals surface area contributed by atoms with E-state index in [0.29, 0.717) is 23.1 Å². The number of aryl methyl sites for hydroxylation is 1. The van der Waals surface area contributed by atoms with Crippen LogP contribution in [-0.2, 0) is 16.3 Å². The lowest BCUT2D eigenvalue weighted by Gasteiger charge is -2.10. The number of furan rings is 1. The molecule has 3 aromatic rings. The SMILES string of the molecule is CS(=O)(=O)CCNC(=O)c1oc2cnccc2c1Nc1ccc2c(c1)CCC2N=O. The van der Waals surface area contributed by atoms with E-state index < -0.39 is 15.7 Å². The van der Waals surface area contributed by atoms with Gasteiger partial charge in [0.15, 0.2) is 5.58 Å². The molecule has 4 rings (SSSR count). The lowest BCUT2D eigenvalue weighted by molar-refractivity contribution is 0.0932. The van der Waals surface area contributed by atoms with Gasteiger partial charge in [0.2, 0.25) is 5.76 Å². The van der Waals surface area contributed by atoms with Gasteiger partial charge in [-0.2, -0.15) is 4.91 Å². The molecule has 1 atom stereocenters. The third-order valence-electron chi connectivity index (χ3n) is 5.04. The van der Waals surface area contributed by atoms with E-state index in [4.69, 9.17) is 4.42 Å². The molecule has 2 N–H and O–H groups in total. The Morgan fingerprint density at radius 2 is 2.17 bits per heavy atom. The van der Waals surface area contributed by atoms with Crippen LogP contribution in [0.15, 0.2) is 46.3 Å². The van der Waals surface area contributed by atoms with E-state index in [0.717, 1.165) is 29.5 Å². The van der Waals surface area contributed by atoms with Crippen molar-refractivity contribution in [3.63, 3.8) is 0 Å². The van der Waals surface area contributed by atoms with Crippen molar-refractivity contribution in [1.29, 1.82) is 0 Å². The fraction of sp³-hybridized carbons (Fsp3) is 0.300. The Hall–Kier alpha value is -3.27. The molecule has 0 fully saturated rings. The molecule has 1 aliphatic carbocycles. The average Bonchev–Trinajstić information content (AvgIpc) is 3.28. The monoisotopic (exact) mass is 428 g/mol. The number of carbonyl (C=O) groups excluding carboxylic acids is 1. The van der Waals surface area contributed by atoms with E-state index in [-0.39, 0.29) is 24.1 Å². The van der Waals surface area contributed by atoms with Crippen LogP contribution in [0.3, 0.4) is 0 Å². The molecule has 2 heterocycles. The van der Waals surface area contributed by atoms with Crippen molar-refractivity contribution in [2.24, 2.45) is 5.18 Å². The molecule has 1 aliphatic rings. The molecule has 0 saturated heterocycles. The molecule has 0 radical (unpaired) electrons. The van der Waals surface area contributed by atoms with Crippen LogP contribution in [0.25, 0.3) is 11.0 Å². The molecule has 1 amide bonds. The number of fused-ring (bicyclic) bond motifs is 2. The first-order chi connectivity index (χ1) is 14.4. The summed E-state index contributed by atoms with van der Waals surface area (Å²) in [6, 6.07) is 7.05. The number of anilines is 2. The number of aromatic nitrogens is 1. The molecule has 2 aromatic heterocycles. The van der Waals surface area contributed by atoms with Gasteiger partial charge in [-0.15, -0.1) is 0 Å². The highest BCUT2D eigenvalue weighted by Crippen LogP contribution is 2.37. The van der Waals surface area contributed by atoms with Crippen LogP contribution in [0.2, 0.25) is 0 Å². The lowest BCUT2D eigenvalue weighted by atomic mass is 10.1. The fourth-order valence-corrected chi connectivity index (χ4v) is 4.06.